The number of alkyl halides is 2. The summed E-state index contributed by atoms with van der Waals surface area (Å²) in [5, 5.41) is 4.59. The number of rotatable bonds is 6. The van der Waals surface area contributed by atoms with E-state index in [1.165, 1.54) is 6.07 Å². The molecule has 1 rings (SSSR count). The van der Waals surface area contributed by atoms with Crippen molar-refractivity contribution < 1.29 is 22.7 Å². The summed E-state index contributed by atoms with van der Waals surface area (Å²) in [5.41, 5.74) is 0.331. The van der Waals surface area contributed by atoms with Crippen molar-refractivity contribution >= 4 is 6.09 Å². The predicted octanol–water partition coefficient (Wildman–Crippen LogP) is 3.38. The van der Waals surface area contributed by atoms with Crippen LogP contribution < -0.4 is 10.6 Å². The van der Waals surface area contributed by atoms with E-state index in [1.54, 1.807) is 39.8 Å². The van der Waals surface area contributed by atoms with Gasteiger partial charge in [0.1, 0.15) is 11.4 Å². The van der Waals surface area contributed by atoms with Gasteiger partial charge in [-0.25, -0.2) is 18.0 Å². The Balaban J connectivity index is 2.37. The van der Waals surface area contributed by atoms with Gasteiger partial charge in [0.25, 0.3) is 5.92 Å². The van der Waals surface area contributed by atoms with E-state index < -0.39 is 30.7 Å². The second kappa shape index (κ2) is 7.68. The summed E-state index contributed by atoms with van der Waals surface area (Å²) in [6.07, 6.45) is -0.891. The number of benzene rings is 1. The zero-order valence-electron chi connectivity index (χ0n) is 13.8. The van der Waals surface area contributed by atoms with E-state index in [9.17, 15) is 18.0 Å². The fourth-order valence-electron chi connectivity index (χ4n) is 1.71. The fourth-order valence-corrected chi connectivity index (χ4v) is 1.71. The molecule has 1 aromatic rings. The Kier molecular flexibility index (Phi) is 6.44. The number of hydrogen-bond acceptors (Lipinski definition) is 3. The molecule has 4 nitrogen and oxygen atoms in total. The zero-order valence-corrected chi connectivity index (χ0v) is 13.8. The van der Waals surface area contributed by atoms with E-state index in [4.69, 9.17) is 4.74 Å². The normalized spacial score (nSPS) is 12.1. The quantitative estimate of drug-likeness (QED) is 0.840. The molecule has 0 unspecified atom stereocenters. The standard InChI is InChI=1S/C16H23F3N2O2/c1-11-5-6-12(7-13(11)17)8-20-9-16(18,19)10-21-14(22)23-15(2,3)4/h5-7,20H,8-10H2,1-4H3,(H,21,22). The van der Waals surface area contributed by atoms with Crippen LogP contribution in [0.15, 0.2) is 18.2 Å². The van der Waals surface area contributed by atoms with Crippen molar-refractivity contribution in [3.8, 4) is 0 Å². The van der Waals surface area contributed by atoms with Crippen LogP contribution in [0.25, 0.3) is 0 Å². The molecule has 0 aromatic heterocycles. The zero-order chi connectivity index (χ0) is 17.7. The summed E-state index contributed by atoms with van der Waals surface area (Å²) in [7, 11) is 0. The molecule has 0 spiro atoms. The van der Waals surface area contributed by atoms with E-state index in [2.05, 4.69) is 5.32 Å². The van der Waals surface area contributed by atoms with Crippen molar-refractivity contribution in [1.82, 2.24) is 10.6 Å². The van der Waals surface area contributed by atoms with Crippen molar-refractivity contribution in [1.29, 1.82) is 0 Å². The number of carbonyl (C=O) groups excluding carboxylic acids is 1. The maximum Gasteiger partial charge on any atom is 0.407 e. The van der Waals surface area contributed by atoms with Gasteiger partial charge < -0.3 is 15.4 Å². The molecule has 0 radical (unpaired) electrons. The molecule has 0 saturated heterocycles. The van der Waals surface area contributed by atoms with Gasteiger partial charge in [-0.1, -0.05) is 12.1 Å². The van der Waals surface area contributed by atoms with Crippen molar-refractivity contribution in [2.45, 2.75) is 45.8 Å². The third kappa shape index (κ3) is 7.88. The minimum atomic E-state index is -3.14. The first-order valence-electron chi connectivity index (χ1n) is 7.29. The molecule has 0 saturated carbocycles. The Bertz CT molecular complexity index is 543. The molecular weight excluding hydrogens is 309 g/mol. The topological polar surface area (TPSA) is 50.4 Å². The van der Waals surface area contributed by atoms with Gasteiger partial charge in [0.15, 0.2) is 0 Å². The summed E-state index contributed by atoms with van der Waals surface area (Å²) in [5.74, 6) is -3.51. The number of alkyl carbamates (subject to hydrolysis) is 1. The maximum absolute atomic E-state index is 13.7. The lowest BCUT2D eigenvalue weighted by Crippen LogP contribution is -2.44. The first kappa shape index (κ1) is 19.3. The van der Waals surface area contributed by atoms with Gasteiger partial charge in [0.2, 0.25) is 0 Å². The maximum atomic E-state index is 13.7. The van der Waals surface area contributed by atoms with Crippen molar-refractivity contribution in [2.24, 2.45) is 0 Å². The number of hydrogen-bond donors (Lipinski definition) is 2. The molecule has 2 N–H and O–H groups in total. The summed E-state index contributed by atoms with van der Waals surface area (Å²) in [6, 6.07) is 4.57. The van der Waals surface area contributed by atoms with Crippen molar-refractivity contribution in [3.05, 3.63) is 35.1 Å². The molecule has 0 heterocycles. The first-order chi connectivity index (χ1) is 10.5. The summed E-state index contributed by atoms with van der Waals surface area (Å²) < 4.78 is 45.5. The molecule has 0 atom stereocenters. The lowest BCUT2D eigenvalue weighted by molar-refractivity contribution is -0.00376. The van der Waals surface area contributed by atoms with Crippen LogP contribution in [-0.4, -0.2) is 30.7 Å². The van der Waals surface area contributed by atoms with Gasteiger partial charge in [-0.15, -0.1) is 0 Å². The van der Waals surface area contributed by atoms with Gasteiger partial charge in [0.05, 0.1) is 13.1 Å². The van der Waals surface area contributed by atoms with E-state index in [-0.39, 0.29) is 12.4 Å². The summed E-state index contributed by atoms with van der Waals surface area (Å²) in [4.78, 5) is 11.3. The van der Waals surface area contributed by atoms with Gasteiger partial charge in [0, 0.05) is 6.54 Å². The van der Waals surface area contributed by atoms with E-state index in [0.717, 1.165) is 0 Å². The molecule has 0 aliphatic carbocycles. The average Bonchev–Trinajstić information content (AvgIpc) is 2.39. The highest BCUT2D eigenvalue weighted by atomic mass is 19.3. The minimum Gasteiger partial charge on any atom is -0.444 e. The molecule has 0 bridgehead atoms. The number of carbonyl (C=O) groups is 1. The highest BCUT2D eigenvalue weighted by molar-refractivity contribution is 5.67. The van der Waals surface area contributed by atoms with Gasteiger partial charge in [-0.05, 0) is 44.9 Å². The molecule has 0 aliphatic rings. The summed E-state index contributed by atoms with van der Waals surface area (Å²) >= 11 is 0. The van der Waals surface area contributed by atoms with E-state index >= 15 is 0 Å². The second-order valence-corrected chi connectivity index (χ2v) is 6.40. The van der Waals surface area contributed by atoms with Crippen molar-refractivity contribution in [2.75, 3.05) is 13.1 Å². The van der Waals surface area contributed by atoms with Crippen LogP contribution in [0.4, 0.5) is 18.0 Å². The molecule has 0 fully saturated rings. The second-order valence-electron chi connectivity index (χ2n) is 6.40. The van der Waals surface area contributed by atoms with Gasteiger partial charge in [-0.3, -0.25) is 0 Å². The van der Waals surface area contributed by atoms with Crippen LogP contribution in [0.1, 0.15) is 31.9 Å². The predicted molar refractivity (Wildman–Crippen MR) is 82.0 cm³/mol. The SMILES string of the molecule is Cc1ccc(CNCC(F)(F)CNC(=O)OC(C)(C)C)cc1F. The Morgan fingerprint density at radius 1 is 1.22 bits per heavy atom. The number of halogens is 3. The molecular formula is C16H23F3N2O2. The van der Waals surface area contributed by atoms with Crippen LogP contribution in [-0.2, 0) is 11.3 Å². The molecule has 7 heteroatoms. The highest BCUT2D eigenvalue weighted by Crippen LogP contribution is 2.13. The largest absolute Gasteiger partial charge is 0.444 e. The van der Waals surface area contributed by atoms with E-state index in [1.807, 2.05) is 5.32 Å². The Labute approximate surface area is 134 Å². The molecule has 1 aromatic carbocycles. The van der Waals surface area contributed by atoms with E-state index in [0.29, 0.717) is 11.1 Å². The first-order valence-corrected chi connectivity index (χ1v) is 7.29. The average molecular weight is 332 g/mol. The van der Waals surface area contributed by atoms with Gasteiger partial charge in [-0.2, -0.15) is 0 Å². The highest BCUT2D eigenvalue weighted by Gasteiger charge is 2.30. The Hall–Kier alpha value is -1.76. The lowest BCUT2D eigenvalue weighted by atomic mass is 10.1. The minimum absolute atomic E-state index is 0.110. The number of ether oxygens (including phenoxy) is 1. The van der Waals surface area contributed by atoms with Crippen LogP contribution in [0.3, 0.4) is 0 Å². The molecule has 130 valence electrons. The monoisotopic (exact) mass is 332 g/mol. The smallest absolute Gasteiger partial charge is 0.407 e. The third-order valence-electron chi connectivity index (χ3n) is 2.84. The third-order valence-corrected chi connectivity index (χ3v) is 2.84. The van der Waals surface area contributed by atoms with Crippen LogP contribution in [0, 0.1) is 12.7 Å². The lowest BCUT2D eigenvalue weighted by Gasteiger charge is -2.22. The number of aryl methyl sites for hydroxylation is 1. The molecule has 0 aliphatic heterocycles. The molecule has 1 amide bonds. The molecule has 23 heavy (non-hydrogen) atoms. The van der Waals surface area contributed by atoms with Crippen LogP contribution in [0.2, 0.25) is 0 Å². The van der Waals surface area contributed by atoms with Gasteiger partial charge >= 0.3 is 6.09 Å². The van der Waals surface area contributed by atoms with Crippen LogP contribution in [0.5, 0.6) is 0 Å². The number of amides is 1. The van der Waals surface area contributed by atoms with Crippen molar-refractivity contribution in [3.63, 3.8) is 0 Å². The fraction of sp³-hybridized carbons (Fsp3) is 0.562. The summed E-state index contributed by atoms with van der Waals surface area (Å²) in [6.45, 7) is 5.20. The Morgan fingerprint density at radius 3 is 2.43 bits per heavy atom. The number of nitrogens with one attached hydrogen (secondary N) is 2. The Morgan fingerprint density at radius 2 is 1.87 bits per heavy atom. The van der Waals surface area contributed by atoms with Crippen LogP contribution >= 0.6 is 0 Å².